The monoisotopic (exact) mass is 262 g/mol. The Hall–Kier alpha value is 0.129. The summed E-state index contributed by atoms with van der Waals surface area (Å²) >= 11 is 3.25. The number of hydrogen-bond donors (Lipinski definition) is 0. The first kappa shape index (κ1) is 11.2. The molecule has 0 spiro atoms. The van der Waals surface area contributed by atoms with Gasteiger partial charge in [-0.1, -0.05) is 0 Å². The Morgan fingerprint density at radius 3 is 2.31 bits per heavy atom. The fourth-order valence-electron chi connectivity index (χ4n) is 1.21. The molecule has 0 aliphatic rings. The van der Waals surface area contributed by atoms with Crippen molar-refractivity contribution in [1.29, 1.82) is 0 Å². The molecule has 0 heterocycles. The Balaban J connectivity index is 2.96. The van der Waals surface area contributed by atoms with Gasteiger partial charge in [-0.3, -0.25) is 0 Å². The zero-order valence-corrected chi connectivity index (χ0v) is 10.7. The number of rotatable bonds is 4. The first-order valence-electron chi connectivity index (χ1n) is 4.52. The van der Waals surface area contributed by atoms with Crippen LogP contribution in [0.25, 0.3) is 0 Å². The van der Waals surface area contributed by atoms with Gasteiger partial charge in [0.2, 0.25) is 0 Å². The summed E-state index contributed by atoms with van der Waals surface area (Å²) in [6.07, 6.45) is 1.06. The van der Waals surface area contributed by atoms with E-state index in [1.165, 1.54) is 5.30 Å². The molecule has 0 N–H and O–H groups in total. The Morgan fingerprint density at radius 2 is 1.85 bits per heavy atom. The van der Waals surface area contributed by atoms with Crippen molar-refractivity contribution in [3.8, 4) is 0 Å². The summed E-state index contributed by atoms with van der Waals surface area (Å²) in [6, 6.07) is 10.5. The Kier molecular flexibility index (Phi) is 4.41. The van der Waals surface area contributed by atoms with E-state index in [9.17, 15) is 0 Å². The minimum atomic E-state index is -1.43. The van der Waals surface area contributed by atoms with Gasteiger partial charge in [-0.25, -0.2) is 0 Å². The van der Waals surface area contributed by atoms with E-state index in [1.54, 1.807) is 0 Å². The number of benzene rings is 1. The second-order valence-corrected chi connectivity index (χ2v) is 9.21. The quantitative estimate of drug-likeness (QED) is 0.597. The molecular formula is C10H15OPSe. The Bertz CT molecular complexity index is 297. The standard InChI is InChI=1S/C10H15OPSe/c1-3-11-12(13,4-2)10-8-6-5-7-9-10/h5-9H,3-4H2,1-2H3. The van der Waals surface area contributed by atoms with Gasteiger partial charge < -0.3 is 0 Å². The molecule has 0 saturated heterocycles. The third-order valence-electron chi connectivity index (χ3n) is 1.90. The van der Waals surface area contributed by atoms with Gasteiger partial charge in [0.1, 0.15) is 0 Å². The molecule has 1 rings (SSSR count). The van der Waals surface area contributed by atoms with Gasteiger partial charge in [-0.15, -0.1) is 0 Å². The maximum atomic E-state index is 5.82. The predicted octanol–water partition coefficient (Wildman–Crippen LogP) is 2.38. The van der Waals surface area contributed by atoms with Gasteiger partial charge >= 0.3 is 87.6 Å². The van der Waals surface area contributed by atoms with Gasteiger partial charge in [-0.05, 0) is 0 Å². The summed E-state index contributed by atoms with van der Waals surface area (Å²) in [5.74, 6) is 0. The summed E-state index contributed by atoms with van der Waals surface area (Å²) in [7, 11) is 0. The second-order valence-electron chi connectivity index (χ2n) is 2.74. The molecule has 0 aliphatic carbocycles. The average Bonchev–Trinajstić information content (AvgIpc) is 2.19. The molecule has 1 aromatic rings. The van der Waals surface area contributed by atoms with E-state index in [4.69, 9.17) is 4.52 Å². The van der Waals surface area contributed by atoms with Crippen molar-refractivity contribution in [3.05, 3.63) is 30.3 Å². The normalized spacial score (nSPS) is 15.2. The maximum absolute atomic E-state index is 5.82. The summed E-state index contributed by atoms with van der Waals surface area (Å²) < 4.78 is 5.82. The summed E-state index contributed by atoms with van der Waals surface area (Å²) in [5.41, 5.74) is -1.43. The van der Waals surface area contributed by atoms with Crippen LogP contribution in [0.5, 0.6) is 0 Å². The van der Waals surface area contributed by atoms with E-state index < -0.39 is 5.74 Å². The molecule has 1 nitrogen and oxygen atoms in total. The molecule has 72 valence electrons. The van der Waals surface area contributed by atoms with Crippen molar-refractivity contribution < 1.29 is 4.52 Å². The molecule has 0 fully saturated rings. The van der Waals surface area contributed by atoms with Crippen molar-refractivity contribution in [2.24, 2.45) is 0 Å². The summed E-state index contributed by atoms with van der Waals surface area (Å²) in [6.45, 7) is 5.00. The van der Waals surface area contributed by atoms with E-state index in [0.717, 1.165) is 12.8 Å². The van der Waals surface area contributed by atoms with Gasteiger partial charge in [0, 0.05) is 0 Å². The molecule has 1 aromatic carbocycles. The van der Waals surface area contributed by atoms with Crippen LogP contribution in [0.1, 0.15) is 13.8 Å². The molecule has 0 aromatic heterocycles. The molecule has 0 saturated carbocycles. The summed E-state index contributed by atoms with van der Waals surface area (Å²) in [5, 5.41) is 1.32. The van der Waals surface area contributed by atoms with Crippen molar-refractivity contribution in [2.45, 2.75) is 13.8 Å². The fraction of sp³-hybridized carbons (Fsp3) is 0.400. The van der Waals surface area contributed by atoms with Crippen LogP contribution in [0.4, 0.5) is 0 Å². The Labute approximate surface area is 87.8 Å². The van der Waals surface area contributed by atoms with Crippen molar-refractivity contribution in [3.63, 3.8) is 0 Å². The van der Waals surface area contributed by atoms with Crippen LogP contribution in [0.2, 0.25) is 0 Å². The zero-order chi connectivity index (χ0) is 9.73. The molecular weight excluding hydrogens is 246 g/mol. The van der Waals surface area contributed by atoms with Crippen LogP contribution in [0, 0.1) is 0 Å². The molecule has 1 unspecified atom stereocenters. The second kappa shape index (κ2) is 5.12. The van der Waals surface area contributed by atoms with E-state index in [2.05, 4.69) is 46.3 Å². The van der Waals surface area contributed by atoms with Crippen molar-refractivity contribution >= 4 is 26.1 Å². The third kappa shape index (κ3) is 2.79. The third-order valence-corrected chi connectivity index (χ3v) is 8.11. The molecule has 1 atom stereocenters. The molecule has 0 aliphatic heterocycles. The molecule has 0 bridgehead atoms. The van der Waals surface area contributed by atoms with Crippen molar-refractivity contribution in [2.75, 3.05) is 12.8 Å². The van der Waals surface area contributed by atoms with Crippen LogP contribution in [0.3, 0.4) is 0 Å². The van der Waals surface area contributed by atoms with Crippen LogP contribution in [-0.4, -0.2) is 27.9 Å². The van der Waals surface area contributed by atoms with Crippen LogP contribution < -0.4 is 5.30 Å². The topological polar surface area (TPSA) is 9.23 Å². The Morgan fingerprint density at radius 1 is 1.23 bits per heavy atom. The number of hydrogen-bond acceptors (Lipinski definition) is 1. The van der Waals surface area contributed by atoms with Crippen molar-refractivity contribution in [1.82, 2.24) is 0 Å². The van der Waals surface area contributed by atoms with Crippen LogP contribution in [-0.2, 0) is 4.52 Å². The van der Waals surface area contributed by atoms with E-state index in [0.29, 0.717) is 0 Å². The predicted molar refractivity (Wildman–Crippen MR) is 60.9 cm³/mol. The SMILES string of the molecule is CCOP(=[Se])(CC)c1ccccc1. The molecule has 0 radical (unpaired) electrons. The first-order valence-corrected chi connectivity index (χ1v) is 8.63. The molecule has 3 heteroatoms. The van der Waals surface area contributed by atoms with Gasteiger partial charge in [0.25, 0.3) is 0 Å². The van der Waals surface area contributed by atoms with Gasteiger partial charge in [0.15, 0.2) is 0 Å². The first-order chi connectivity index (χ1) is 6.23. The molecule has 13 heavy (non-hydrogen) atoms. The average molecular weight is 261 g/mol. The minimum absolute atomic E-state index is 0.781. The van der Waals surface area contributed by atoms with Gasteiger partial charge in [-0.2, -0.15) is 0 Å². The van der Waals surface area contributed by atoms with E-state index in [1.807, 2.05) is 13.0 Å². The van der Waals surface area contributed by atoms with Gasteiger partial charge in [0.05, 0.1) is 0 Å². The fourth-order valence-corrected chi connectivity index (χ4v) is 4.38. The van der Waals surface area contributed by atoms with Crippen LogP contribution in [0.15, 0.2) is 30.3 Å². The summed E-state index contributed by atoms with van der Waals surface area (Å²) in [4.78, 5) is 0. The van der Waals surface area contributed by atoms with Crippen LogP contribution >= 0.6 is 5.74 Å². The zero-order valence-electron chi connectivity index (χ0n) is 8.06. The molecule has 0 amide bonds. The van der Waals surface area contributed by atoms with E-state index in [-0.39, 0.29) is 0 Å². The van der Waals surface area contributed by atoms with E-state index >= 15 is 0 Å².